The summed E-state index contributed by atoms with van der Waals surface area (Å²) in [6.07, 6.45) is 1.32. The van der Waals surface area contributed by atoms with Crippen molar-refractivity contribution in [2.45, 2.75) is 18.9 Å². The normalized spacial score (nSPS) is 12.1. The number of rotatable bonds is 4. The Hall–Kier alpha value is -0.0600. The van der Waals surface area contributed by atoms with E-state index in [2.05, 4.69) is 0 Å². The Morgan fingerprint density at radius 1 is 1.31 bits per heavy atom. The van der Waals surface area contributed by atoms with Crippen LogP contribution in [-0.4, -0.2) is 6.54 Å². The molecule has 0 saturated carbocycles. The molecule has 0 radical (unpaired) electrons. The van der Waals surface area contributed by atoms with Crippen LogP contribution in [0.25, 0.3) is 0 Å². The van der Waals surface area contributed by atoms with Crippen molar-refractivity contribution in [1.82, 2.24) is 0 Å². The minimum absolute atomic E-state index is 0. The Kier molecular flexibility index (Phi) is 7.27. The lowest BCUT2D eigenvalue weighted by atomic mass is 10.0. The van der Waals surface area contributed by atoms with Gasteiger partial charge >= 0.3 is 0 Å². The van der Waals surface area contributed by atoms with E-state index in [1.54, 1.807) is 0 Å². The summed E-state index contributed by atoms with van der Waals surface area (Å²) < 4.78 is 13.5. The molecule has 1 rings (SSSR count). The van der Waals surface area contributed by atoms with Gasteiger partial charge in [0, 0.05) is 11.6 Å². The summed E-state index contributed by atoms with van der Waals surface area (Å²) in [5, 5.41) is 0.512. The standard InChI is InChI=1S/C10H13Cl2FN2.ClH/c11-6-3-4-7(13)9(10(6)12)8(15)2-1-5-14;/h3-4,8H,1-2,5,14-15H2;1H/t8-;/m0./s1. The molecule has 0 bridgehead atoms. The summed E-state index contributed by atoms with van der Waals surface area (Å²) in [6.45, 7) is 0.521. The number of nitrogens with two attached hydrogens (primary N) is 2. The molecular formula is C10H14Cl3FN2. The molecule has 1 atom stereocenters. The fourth-order valence-corrected chi connectivity index (χ4v) is 1.82. The monoisotopic (exact) mass is 286 g/mol. The first-order chi connectivity index (χ1) is 7.07. The summed E-state index contributed by atoms with van der Waals surface area (Å²) in [5.41, 5.74) is 11.4. The second-order valence-electron chi connectivity index (χ2n) is 3.29. The van der Waals surface area contributed by atoms with E-state index in [9.17, 15) is 4.39 Å². The van der Waals surface area contributed by atoms with Gasteiger partial charge in [-0.2, -0.15) is 0 Å². The summed E-state index contributed by atoms with van der Waals surface area (Å²) in [5.74, 6) is -0.422. The largest absolute Gasteiger partial charge is 0.330 e. The van der Waals surface area contributed by atoms with Gasteiger partial charge in [0.1, 0.15) is 5.82 Å². The third kappa shape index (κ3) is 3.75. The quantitative estimate of drug-likeness (QED) is 0.835. The van der Waals surface area contributed by atoms with Gasteiger partial charge in [-0.15, -0.1) is 12.4 Å². The van der Waals surface area contributed by atoms with E-state index in [1.807, 2.05) is 0 Å². The molecule has 0 aliphatic heterocycles. The lowest BCUT2D eigenvalue weighted by Gasteiger charge is -2.14. The first-order valence-corrected chi connectivity index (χ1v) is 5.42. The Morgan fingerprint density at radius 3 is 2.50 bits per heavy atom. The number of hydrogen-bond donors (Lipinski definition) is 2. The van der Waals surface area contributed by atoms with Crippen LogP contribution in [0.3, 0.4) is 0 Å². The molecule has 4 N–H and O–H groups in total. The van der Waals surface area contributed by atoms with E-state index < -0.39 is 11.9 Å². The Bertz CT molecular complexity index is 347. The number of hydrogen-bond acceptors (Lipinski definition) is 2. The zero-order valence-electron chi connectivity index (χ0n) is 8.55. The molecule has 0 spiro atoms. The smallest absolute Gasteiger partial charge is 0.129 e. The van der Waals surface area contributed by atoms with Gasteiger partial charge in [-0.1, -0.05) is 23.2 Å². The lowest BCUT2D eigenvalue weighted by molar-refractivity contribution is 0.553. The van der Waals surface area contributed by atoms with Crippen molar-refractivity contribution in [3.05, 3.63) is 33.6 Å². The van der Waals surface area contributed by atoms with E-state index in [1.165, 1.54) is 12.1 Å². The van der Waals surface area contributed by atoms with Crippen molar-refractivity contribution in [3.8, 4) is 0 Å². The SMILES string of the molecule is Cl.NCCC[C@H](N)c1c(F)ccc(Cl)c1Cl. The molecule has 0 amide bonds. The van der Waals surface area contributed by atoms with Crippen LogP contribution in [0.4, 0.5) is 4.39 Å². The molecule has 0 unspecified atom stereocenters. The van der Waals surface area contributed by atoms with Crippen LogP contribution in [0.2, 0.25) is 10.0 Å². The zero-order chi connectivity index (χ0) is 11.4. The first kappa shape index (κ1) is 15.9. The van der Waals surface area contributed by atoms with Crippen LogP contribution in [0.1, 0.15) is 24.4 Å². The summed E-state index contributed by atoms with van der Waals surface area (Å²) in [6, 6.07) is 2.23. The first-order valence-electron chi connectivity index (χ1n) is 4.67. The topological polar surface area (TPSA) is 52.0 Å². The molecule has 0 aliphatic rings. The van der Waals surface area contributed by atoms with Gasteiger partial charge in [-0.3, -0.25) is 0 Å². The molecule has 2 nitrogen and oxygen atoms in total. The van der Waals surface area contributed by atoms with Gasteiger partial charge in [0.05, 0.1) is 10.0 Å². The lowest BCUT2D eigenvalue weighted by Crippen LogP contribution is -2.14. The predicted molar refractivity (Wildman–Crippen MR) is 68.9 cm³/mol. The van der Waals surface area contributed by atoms with E-state index >= 15 is 0 Å². The maximum absolute atomic E-state index is 13.5. The maximum atomic E-state index is 13.5. The Morgan fingerprint density at radius 2 is 1.94 bits per heavy atom. The molecule has 1 aromatic rings. The minimum atomic E-state index is -0.459. The van der Waals surface area contributed by atoms with Gasteiger partial charge in [0.2, 0.25) is 0 Å². The third-order valence-corrected chi connectivity index (χ3v) is 2.99. The van der Waals surface area contributed by atoms with E-state index in [-0.39, 0.29) is 23.0 Å². The molecule has 16 heavy (non-hydrogen) atoms. The highest BCUT2D eigenvalue weighted by Crippen LogP contribution is 2.32. The molecule has 0 fully saturated rings. The average molecular weight is 288 g/mol. The summed E-state index contributed by atoms with van der Waals surface area (Å²) >= 11 is 11.7. The highest BCUT2D eigenvalue weighted by molar-refractivity contribution is 6.42. The van der Waals surface area contributed by atoms with Crippen molar-refractivity contribution in [3.63, 3.8) is 0 Å². The van der Waals surface area contributed by atoms with Crippen molar-refractivity contribution >= 4 is 35.6 Å². The van der Waals surface area contributed by atoms with Gasteiger partial charge in [-0.25, -0.2) is 4.39 Å². The second-order valence-corrected chi connectivity index (χ2v) is 4.08. The molecule has 0 heterocycles. The van der Waals surface area contributed by atoms with Gasteiger partial charge in [0.25, 0.3) is 0 Å². The van der Waals surface area contributed by atoms with Crippen molar-refractivity contribution in [1.29, 1.82) is 0 Å². The van der Waals surface area contributed by atoms with Crippen LogP contribution in [-0.2, 0) is 0 Å². The van der Waals surface area contributed by atoms with Crippen molar-refractivity contribution in [2.75, 3.05) is 6.54 Å². The second kappa shape index (κ2) is 7.30. The fourth-order valence-electron chi connectivity index (χ4n) is 1.36. The van der Waals surface area contributed by atoms with E-state index in [0.29, 0.717) is 18.0 Å². The molecular weight excluding hydrogens is 273 g/mol. The highest BCUT2D eigenvalue weighted by Gasteiger charge is 2.17. The molecule has 0 saturated heterocycles. The number of halogens is 4. The van der Waals surface area contributed by atoms with Gasteiger partial charge < -0.3 is 11.5 Å². The third-order valence-electron chi connectivity index (χ3n) is 2.17. The van der Waals surface area contributed by atoms with Crippen molar-refractivity contribution < 1.29 is 4.39 Å². The maximum Gasteiger partial charge on any atom is 0.129 e. The zero-order valence-corrected chi connectivity index (χ0v) is 10.9. The van der Waals surface area contributed by atoms with Crippen molar-refractivity contribution in [2.24, 2.45) is 11.5 Å². The highest BCUT2D eigenvalue weighted by atomic mass is 35.5. The molecule has 1 aromatic carbocycles. The summed E-state index contributed by atoms with van der Waals surface area (Å²) in [7, 11) is 0. The van der Waals surface area contributed by atoms with Crippen LogP contribution in [0, 0.1) is 5.82 Å². The van der Waals surface area contributed by atoms with Gasteiger partial charge in [-0.05, 0) is 31.5 Å². The minimum Gasteiger partial charge on any atom is -0.330 e. The van der Waals surface area contributed by atoms with E-state index in [0.717, 1.165) is 6.42 Å². The van der Waals surface area contributed by atoms with E-state index in [4.69, 9.17) is 34.7 Å². The molecule has 0 aliphatic carbocycles. The molecule has 6 heteroatoms. The van der Waals surface area contributed by atoms with Crippen LogP contribution in [0.15, 0.2) is 12.1 Å². The predicted octanol–water partition coefficient (Wildman–Crippen LogP) is 3.29. The number of benzene rings is 1. The fraction of sp³-hybridized carbons (Fsp3) is 0.400. The summed E-state index contributed by atoms with van der Waals surface area (Å²) in [4.78, 5) is 0. The average Bonchev–Trinajstić information content (AvgIpc) is 2.21. The van der Waals surface area contributed by atoms with Crippen LogP contribution >= 0.6 is 35.6 Å². The van der Waals surface area contributed by atoms with Crippen LogP contribution < -0.4 is 11.5 Å². The molecule has 0 aromatic heterocycles. The Labute approximate surface area is 110 Å². The Balaban J connectivity index is 0.00000225. The van der Waals surface area contributed by atoms with Crippen LogP contribution in [0.5, 0.6) is 0 Å². The molecule has 92 valence electrons. The van der Waals surface area contributed by atoms with Gasteiger partial charge in [0.15, 0.2) is 0 Å².